The van der Waals surface area contributed by atoms with Gasteiger partial charge in [-0.15, -0.1) is 0 Å². The average Bonchev–Trinajstić information content (AvgIpc) is 2.63. The molecule has 0 aliphatic carbocycles. The molecule has 1 atom stereocenters. The normalized spacial score (nSPS) is 12.2. The van der Waals surface area contributed by atoms with E-state index in [1.165, 1.54) is 64.2 Å². The zero-order valence-electron chi connectivity index (χ0n) is 16.9. The van der Waals surface area contributed by atoms with E-state index in [1.54, 1.807) is 0 Å². The number of rotatable bonds is 16. The second-order valence-corrected chi connectivity index (χ2v) is 8.93. The molecule has 0 spiro atoms. The second kappa shape index (κ2) is 15.1. The Morgan fingerprint density at radius 2 is 1.23 bits per heavy atom. The maximum Gasteiger partial charge on any atom is 0.145 e. The highest BCUT2D eigenvalue weighted by molar-refractivity contribution is 7.85. The first-order valence-electron chi connectivity index (χ1n) is 10.6. The Hall–Kier alpha value is -0.960. The Morgan fingerprint density at radius 3 is 1.73 bits per heavy atom. The number of unbranched alkanes of at least 4 members (excludes halogenated alkanes) is 11. The van der Waals surface area contributed by atoms with Crippen molar-refractivity contribution in [3.8, 4) is 0 Å². The van der Waals surface area contributed by atoms with E-state index in [0.717, 1.165) is 23.3 Å². The summed E-state index contributed by atoms with van der Waals surface area (Å²) in [6, 6.07) is 7.62. The summed E-state index contributed by atoms with van der Waals surface area (Å²) in [4.78, 5) is 12.7. The van der Waals surface area contributed by atoms with Crippen LogP contribution in [0.5, 0.6) is 0 Å². The predicted molar refractivity (Wildman–Crippen MR) is 113 cm³/mol. The molecule has 1 rings (SSSR count). The van der Waals surface area contributed by atoms with Crippen LogP contribution in [0.3, 0.4) is 0 Å². The fourth-order valence-electron chi connectivity index (χ4n) is 3.15. The zero-order chi connectivity index (χ0) is 19.0. The molecule has 0 aliphatic rings. The summed E-state index contributed by atoms with van der Waals surface area (Å²) in [5, 5.41) is 0. The lowest BCUT2D eigenvalue weighted by molar-refractivity contribution is -0.116. The Bertz CT molecular complexity index is 507. The molecule has 0 heterocycles. The minimum Gasteiger partial charge on any atom is -0.299 e. The van der Waals surface area contributed by atoms with E-state index in [-0.39, 0.29) is 11.5 Å². The van der Waals surface area contributed by atoms with Crippen molar-refractivity contribution < 1.29 is 9.00 Å². The van der Waals surface area contributed by atoms with Crippen LogP contribution in [-0.4, -0.2) is 15.7 Å². The fraction of sp³-hybridized carbons (Fsp3) is 0.696. The van der Waals surface area contributed by atoms with Crippen molar-refractivity contribution in [2.75, 3.05) is 5.75 Å². The summed E-state index contributed by atoms with van der Waals surface area (Å²) in [6.45, 7) is 4.27. The number of Topliss-reactive ketones (excluding diaryl/α,β-unsaturated/α-hetero) is 1. The summed E-state index contributed by atoms with van der Waals surface area (Å²) in [5.41, 5.74) is 1.15. The van der Waals surface area contributed by atoms with E-state index < -0.39 is 10.8 Å². The summed E-state index contributed by atoms with van der Waals surface area (Å²) >= 11 is 0. The van der Waals surface area contributed by atoms with Crippen LogP contribution in [0.4, 0.5) is 0 Å². The molecule has 0 aromatic heterocycles. The molecule has 0 unspecified atom stereocenters. The van der Waals surface area contributed by atoms with Crippen LogP contribution in [0.1, 0.15) is 96.0 Å². The molecule has 0 aliphatic heterocycles. The highest BCUT2D eigenvalue weighted by Crippen LogP contribution is 2.13. The van der Waals surface area contributed by atoms with Crippen LogP contribution in [0.25, 0.3) is 0 Å². The van der Waals surface area contributed by atoms with Gasteiger partial charge < -0.3 is 0 Å². The number of carbonyl (C=O) groups excluding carboxylic acids is 1. The quantitative estimate of drug-likeness (QED) is 0.298. The monoisotopic (exact) mass is 378 g/mol. The molecule has 0 fully saturated rings. The highest BCUT2D eigenvalue weighted by atomic mass is 32.2. The van der Waals surface area contributed by atoms with Crippen molar-refractivity contribution in [2.45, 2.75) is 102 Å². The van der Waals surface area contributed by atoms with Crippen LogP contribution in [0.15, 0.2) is 29.2 Å². The molecule has 0 N–H and O–H groups in total. The molecule has 26 heavy (non-hydrogen) atoms. The van der Waals surface area contributed by atoms with Gasteiger partial charge in [0.25, 0.3) is 0 Å². The first-order valence-corrected chi connectivity index (χ1v) is 11.9. The van der Waals surface area contributed by atoms with Gasteiger partial charge in [0.2, 0.25) is 0 Å². The van der Waals surface area contributed by atoms with Crippen LogP contribution < -0.4 is 0 Å². The summed E-state index contributed by atoms with van der Waals surface area (Å²) in [7, 11) is -1.19. The van der Waals surface area contributed by atoms with Gasteiger partial charge in [-0.25, -0.2) is 0 Å². The van der Waals surface area contributed by atoms with Crippen molar-refractivity contribution in [2.24, 2.45) is 0 Å². The van der Waals surface area contributed by atoms with Crippen molar-refractivity contribution in [1.29, 1.82) is 0 Å². The molecular weight excluding hydrogens is 340 g/mol. The molecule has 2 nitrogen and oxygen atoms in total. The van der Waals surface area contributed by atoms with Gasteiger partial charge in [-0.1, -0.05) is 95.2 Å². The third-order valence-corrected chi connectivity index (χ3v) is 6.27. The summed E-state index contributed by atoms with van der Waals surface area (Å²) in [5.74, 6) is 0.303. The van der Waals surface area contributed by atoms with Crippen molar-refractivity contribution in [3.63, 3.8) is 0 Å². The third-order valence-electron chi connectivity index (χ3n) is 4.89. The third kappa shape index (κ3) is 11.6. The molecule has 1 aromatic carbocycles. The minimum absolute atomic E-state index is 0.135. The molecule has 0 bridgehead atoms. The SMILES string of the molecule is CCCCCCCCCCCCCCC(=O)C[S@@](=O)c1ccc(C)cc1. The van der Waals surface area contributed by atoms with Gasteiger partial charge in [0.05, 0.1) is 16.6 Å². The van der Waals surface area contributed by atoms with Crippen molar-refractivity contribution in [1.82, 2.24) is 0 Å². The van der Waals surface area contributed by atoms with E-state index in [2.05, 4.69) is 6.92 Å². The first kappa shape index (κ1) is 23.1. The van der Waals surface area contributed by atoms with E-state index >= 15 is 0 Å². The maximum absolute atomic E-state index is 12.2. The predicted octanol–water partition coefficient (Wildman–Crippen LogP) is 6.76. The van der Waals surface area contributed by atoms with Gasteiger partial charge in [-0.05, 0) is 25.5 Å². The van der Waals surface area contributed by atoms with Gasteiger partial charge in [-0.2, -0.15) is 0 Å². The lowest BCUT2D eigenvalue weighted by Crippen LogP contribution is -2.10. The highest BCUT2D eigenvalue weighted by Gasteiger charge is 2.10. The number of hydrogen-bond donors (Lipinski definition) is 0. The molecule has 1 aromatic rings. The molecule has 0 amide bonds. The van der Waals surface area contributed by atoms with Crippen LogP contribution in [0.2, 0.25) is 0 Å². The number of benzene rings is 1. The van der Waals surface area contributed by atoms with Crippen LogP contribution >= 0.6 is 0 Å². The standard InChI is InChI=1S/C23H38O2S/c1-3-4-5-6-7-8-9-10-11-12-13-14-15-22(24)20-26(25)23-18-16-21(2)17-19-23/h16-19H,3-15,20H2,1-2H3/t26-/m1/s1. The number of hydrogen-bond acceptors (Lipinski definition) is 2. The van der Waals surface area contributed by atoms with E-state index in [4.69, 9.17) is 0 Å². The number of aryl methyl sites for hydroxylation is 1. The smallest absolute Gasteiger partial charge is 0.145 e. The van der Waals surface area contributed by atoms with E-state index in [9.17, 15) is 9.00 Å². The van der Waals surface area contributed by atoms with Crippen LogP contribution in [0, 0.1) is 6.92 Å². The van der Waals surface area contributed by atoms with Crippen molar-refractivity contribution in [3.05, 3.63) is 29.8 Å². The second-order valence-electron chi connectivity index (χ2n) is 7.48. The lowest BCUT2D eigenvalue weighted by Gasteiger charge is -2.04. The average molecular weight is 379 g/mol. The Kier molecular flexibility index (Phi) is 13.4. The molecule has 0 radical (unpaired) electrons. The fourth-order valence-corrected chi connectivity index (χ4v) is 4.20. The molecular formula is C23H38O2S. The molecule has 148 valence electrons. The maximum atomic E-state index is 12.2. The summed E-state index contributed by atoms with van der Waals surface area (Å²) < 4.78 is 12.2. The van der Waals surface area contributed by atoms with Gasteiger partial charge in [0.1, 0.15) is 5.78 Å². The zero-order valence-corrected chi connectivity index (χ0v) is 17.8. The van der Waals surface area contributed by atoms with Gasteiger partial charge in [0, 0.05) is 11.3 Å². The molecule has 0 saturated heterocycles. The van der Waals surface area contributed by atoms with Gasteiger partial charge in [0.15, 0.2) is 0 Å². The van der Waals surface area contributed by atoms with Gasteiger partial charge >= 0.3 is 0 Å². The number of ketones is 1. The largest absolute Gasteiger partial charge is 0.299 e. The van der Waals surface area contributed by atoms with Crippen LogP contribution in [-0.2, 0) is 15.6 Å². The Balaban J connectivity index is 1.95. The first-order chi connectivity index (χ1) is 12.6. The molecule has 3 heteroatoms. The van der Waals surface area contributed by atoms with Crippen molar-refractivity contribution >= 4 is 16.6 Å². The molecule has 0 saturated carbocycles. The minimum atomic E-state index is -1.19. The van der Waals surface area contributed by atoms with E-state index in [0.29, 0.717) is 6.42 Å². The number of carbonyl (C=O) groups is 1. The Labute approximate surface area is 163 Å². The van der Waals surface area contributed by atoms with E-state index in [1.807, 2.05) is 31.2 Å². The topological polar surface area (TPSA) is 34.1 Å². The lowest BCUT2D eigenvalue weighted by atomic mass is 10.0. The summed E-state index contributed by atoms with van der Waals surface area (Å²) in [6.07, 6.45) is 16.2. The Morgan fingerprint density at radius 1 is 0.769 bits per heavy atom. The van der Waals surface area contributed by atoms with Gasteiger partial charge in [-0.3, -0.25) is 9.00 Å².